The number of rotatable bonds is 5. The van der Waals surface area contributed by atoms with Gasteiger partial charge in [-0.2, -0.15) is 0 Å². The van der Waals surface area contributed by atoms with Crippen LogP contribution in [0.3, 0.4) is 0 Å². The summed E-state index contributed by atoms with van der Waals surface area (Å²) in [6.07, 6.45) is 2.67. The van der Waals surface area contributed by atoms with Crippen LogP contribution in [0.25, 0.3) is 0 Å². The third-order valence-electron chi connectivity index (χ3n) is 3.12. The maximum Gasteiger partial charge on any atom is 0.119 e. The molecule has 1 aliphatic rings. The molecule has 0 bridgehead atoms. The molecule has 1 fully saturated rings. The van der Waals surface area contributed by atoms with Crippen molar-refractivity contribution in [3.63, 3.8) is 0 Å². The molecule has 3 heteroatoms. The lowest BCUT2D eigenvalue weighted by molar-refractivity contribution is -0.0250. The van der Waals surface area contributed by atoms with E-state index in [2.05, 4.69) is 11.4 Å². The Kier molecular flexibility index (Phi) is 3.80. The highest BCUT2D eigenvalue weighted by atomic mass is 16.5. The molecule has 16 heavy (non-hydrogen) atoms. The van der Waals surface area contributed by atoms with Gasteiger partial charge in [0.15, 0.2) is 0 Å². The zero-order chi connectivity index (χ0) is 11.4. The highest BCUT2D eigenvalue weighted by molar-refractivity contribution is 5.27. The molecule has 0 aliphatic heterocycles. The fourth-order valence-corrected chi connectivity index (χ4v) is 1.91. The average Bonchev–Trinajstić information content (AvgIpc) is 2.28. The zero-order valence-electron chi connectivity index (χ0n) is 9.90. The highest BCUT2D eigenvalue weighted by Crippen LogP contribution is 2.24. The van der Waals surface area contributed by atoms with Gasteiger partial charge in [0.05, 0.1) is 19.8 Å². The van der Waals surface area contributed by atoms with Gasteiger partial charge in [-0.25, -0.2) is 0 Å². The van der Waals surface area contributed by atoms with Gasteiger partial charge in [0.25, 0.3) is 0 Å². The number of nitrogens with one attached hydrogen (secondary N) is 1. The fourth-order valence-electron chi connectivity index (χ4n) is 1.91. The molecule has 88 valence electrons. The average molecular weight is 221 g/mol. The molecule has 0 saturated heterocycles. The van der Waals surface area contributed by atoms with E-state index < -0.39 is 0 Å². The molecule has 1 saturated carbocycles. The second-order valence-corrected chi connectivity index (χ2v) is 4.24. The molecule has 0 spiro atoms. The Morgan fingerprint density at radius 2 is 2.19 bits per heavy atom. The van der Waals surface area contributed by atoms with E-state index in [9.17, 15) is 0 Å². The molecule has 3 nitrogen and oxygen atoms in total. The van der Waals surface area contributed by atoms with Crippen LogP contribution in [0.4, 0.5) is 0 Å². The molecule has 1 aromatic rings. The first-order valence-electron chi connectivity index (χ1n) is 5.73. The van der Waals surface area contributed by atoms with Gasteiger partial charge in [-0.3, -0.25) is 0 Å². The van der Waals surface area contributed by atoms with E-state index in [1.165, 1.54) is 5.56 Å². The molecule has 2 rings (SSSR count). The molecule has 1 aromatic carbocycles. The summed E-state index contributed by atoms with van der Waals surface area (Å²) >= 11 is 0. The Labute approximate surface area is 96.8 Å². The third-order valence-corrected chi connectivity index (χ3v) is 3.12. The van der Waals surface area contributed by atoms with E-state index >= 15 is 0 Å². The summed E-state index contributed by atoms with van der Waals surface area (Å²) in [5.41, 5.74) is 1.17. The van der Waals surface area contributed by atoms with Crippen LogP contribution in [0, 0.1) is 0 Å². The van der Waals surface area contributed by atoms with Crippen LogP contribution in [0.1, 0.15) is 18.4 Å². The molecule has 1 N–H and O–H groups in total. The second kappa shape index (κ2) is 5.32. The van der Waals surface area contributed by atoms with E-state index in [1.54, 1.807) is 7.11 Å². The molecule has 1 aliphatic carbocycles. The Morgan fingerprint density at radius 1 is 1.38 bits per heavy atom. The summed E-state index contributed by atoms with van der Waals surface area (Å²) in [5.74, 6) is 0.891. The van der Waals surface area contributed by atoms with Gasteiger partial charge in [0, 0.05) is 6.04 Å². The standard InChI is InChI=1S/C13H19NO2/c1-14-11-7-13(8-11)16-9-10-4-3-5-12(6-10)15-2/h3-6,11,13-14H,7-9H2,1-2H3. The summed E-state index contributed by atoms with van der Waals surface area (Å²) in [6, 6.07) is 8.68. The fraction of sp³-hybridized carbons (Fsp3) is 0.538. The van der Waals surface area contributed by atoms with Crippen LogP contribution in [-0.4, -0.2) is 26.3 Å². The van der Waals surface area contributed by atoms with Crippen molar-refractivity contribution in [2.24, 2.45) is 0 Å². The van der Waals surface area contributed by atoms with Crippen molar-refractivity contribution < 1.29 is 9.47 Å². The van der Waals surface area contributed by atoms with Crippen molar-refractivity contribution in [1.82, 2.24) is 5.32 Å². The van der Waals surface area contributed by atoms with E-state index in [1.807, 2.05) is 25.2 Å². The van der Waals surface area contributed by atoms with E-state index in [0.29, 0.717) is 18.8 Å². The number of methoxy groups -OCH3 is 1. The number of benzene rings is 1. The lowest BCUT2D eigenvalue weighted by atomic mass is 9.89. The smallest absolute Gasteiger partial charge is 0.119 e. The minimum atomic E-state index is 0.420. The van der Waals surface area contributed by atoms with Gasteiger partial charge in [-0.15, -0.1) is 0 Å². The van der Waals surface area contributed by atoms with E-state index in [0.717, 1.165) is 18.6 Å². The Hall–Kier alpha value is -1.06. The number of ether oxygens (including phenoxy) is 2. The van der Waals surface area contributed by atoms with Crippen LogP contribution < -0.4 is 10.1 Å². The molecule has 0 aromatic heterocycles. The van der Waals surface area contributed by atoms with Crippen molar-refractivity contribution in [2.45, 2.75) is 31.6 Å². The molecular formula is C13H19NO2. The lowest BCUT2D eigenvalue weighted by Gasteiger charge is -2.34. The molecule has 0 amide bonds. The summed E-state index contributed by atoms with van der Waals surface area (Å²) in [6.45, 7) is 0.679. The van der Waals surface area contributed by atoms with Crippen molar-refractivity contribution in [2.75, 3.05) is 14.2 Å². The maximum atomic E-state index is 5.80. The van der Waals surface area contributed by atoms with Crippen LogP contribution in [0.15, 0.2) is 24.3 Å². The van der Waals surface area contributed by atoms with Gasteiger partial charge in [0.1, 0.15) is 5.75 Å². The summed E-state index contributed by atoms with van der Waals surface area (Å²) in [7, 11) is 3.69. The van der Waals surface area contributed by atoms with Gasteiger partial charge in [-0.1, -0.05) is 12.1 Å². The number of hydrogen-bond donors (Lipinski definition) is 1. The molecule has 0 radical (unpaired) electrons. The van der Waals surface area contributed by atoms with E-state index in [-0.39, 0.29) is 0 Å². The quantitative estimate of drug-likeness (QED) is 0.824. The Balaban J connectivity index is 1.77. The highest BCUT2D eigenvalue weighted by Gasteiger charge is 2.28. The minimum absolute atomic E-state index is 0.420. The topological polar surface area (TPSA) is 30.5 Å². The largest absolute Gasteiger partial charge is 0.497 e. The SMILES string of the molecule is CNC1CC(OCc2cccc(OC)c2)C1. The monoisotopic (exact) mass is 221 g/mol. The normalized spacial score (nSPS) is 23.9. The van der Waals surface area contributed by atoms with Crippen LogP contribution >= 0.6 is 0 Å². The van der Waals surface area contributed by atoms with Gasteiger partial charge >= 0.3 is 0 Å². The second-order valence-electron chi connectivity index (χ2n) is 4.24. The van der Waals surface area contributed by atoms with Crippen LogP contribution in [-0.2, 0) is 11.3 Å². The molecular weight excluding hydrogens is 202 g/mol. The van der Waals surface area contributed by atoms with Crippen molar-refractivity contribution in [3.8, 4) is 5.75 Å². The van der Waals surface area contributed by atoms with Crippen LogP contribution in [0.2, 0.25) is 0 Å². The number of hydrogen-bond acceptors (Lipinski definition) is 3. The van der Waals surface area contributed by atoms with E-state index in [4.69, 9.17) is 9.47 Å². The molecule has 0 heterocycles. The van der Waals surface area contributed by atoms with Gasteiger partial charge in [-0.05, 0) is 37.6 Å². The van der Waals surface area contributed by atoms with Crippen molar-refractivity contribution in [1.29, 1.82) is 0 Å². The van der Waals surface area contributed by atoms with Gasteiger partial charge in [0.2, 0.25) is 0 Å². The molecule has 0 atom stereocenters. The summed E-state index contributed by atoms with van der Waals surface area (Å²) in [5, 5.41) is 3.25. The molecule has 0 unspecified atom stereocenters. The first kappa shape index (κ1) is 11.4. The van der Waals surface area contributed by atoms with Gasteiger partial charge < -0.3 is 14.8 Å². The third kappa shape index (κ3) is 2.74. The summed E-state index contributed by atoms with van der Waals surface area (Å²) in [4.78, 5) is 0. The lowest BCUT2D eigenvalue weighted by Crippen LogP contribution is -2.43. The maximum absolute atomic E-state index is 5.80. The van der Waals surface area contributed by atoms with Crippen molar-refractivity contribution >= 4 is 0 Å². The first-order chi connectivity index (χ1) is 7.81. The van der Waals surface area contributed by atoms with Crippen LogP contribution in [0.5, 0.6) is 5.75 Å². The Morgan fingerprint density at radius 3 is 2.88 bits per heavy atom. The zero-order valence-corrected chi connectivity index (χ0v) is 9.90. The van der Waals surface area contributed by atoms with Crippen molar-refractivity contribution in [3.05, 3.63) is 29.8 Å². The predicted octanol–water partition coefficient (Wildman–Crippen LogP) is 1.96. The predicted molar refractivity (Wildman–Crippen MR) is 63.7 cm³/mol. The minimum Gasteiger partial charge on any atom is -0.497 e. The summed E-state index contributed by atoms with van der Waals surface area (Å²) < 4.78 is 11.0. The first-order valence-corrected chi connectivity index (χ1v) is 5.73. The Bertz CT molecular complexity index is 334.